The minimum atomic E-state index is -4.56. The zero-order valence-electron chi connectivity index (χ0n) is 10.6. The Balaban J connectivity index is 2.67. The van der Waals surface area contributed by atoms with Gasteiger partial charge in [0.25, 0.3) is 0 Å². The first-order valence-electron chi connectivity index (χ1n) is 5.71. The second kappa shape index (κ2) is 6.02. The third kappa shape index (κ3) is 4.21. The molecule has 2 atom stereocenters. The predicted molar refractivity (Wildman–Crippen MR) is 62.7 cm³/mol. The summed E-state index contributed by atoms with van der Waals surface area (Å²) in [5.74, 6) is -2.47. The Morgan fingerprint density at radius 2 is 2.00 bits per heavy atom. The van der Waals surface area contributed by atoms with Crippen LogP contribution in [0, 0.1) is 30.0 Å². The molecule has 0 aliphatic heterocycles. The van der Waals surface area contributed by atoms with Gasteiger partial charge < -0.3 is 5.32 Å². The smallest absolute Gasteiger partial charge is 0.309 e. The number of benzene rings is 1. The van der Waals surface area contributed by atoms with E-state index < -0.39 is 30.5 Å². The Morgan fingerprint density at radius 3 is 2.47 bits per heavy atom. The highest BCUT2D eigenvalue weighted by molar-refractivity contribution is 5.25. The van der Waals surface area contributed by atoms with Gasteiger partial charge in [0, 0.05) is 12.6 Å². The Hall–Kier alpha value is -1.61. The number of nitrogens with zero attached hydrogens (tertiary/aromatic N) is 1. The summed E-state index contributed by atoms with van der Waals surface area (Å²) in [5, 5.41) is 11.0. The maximum atomic E-state index is 13.3. The summed E-state index contributed by atoms with van der Waals surface area (Å²) in [6, 6.07) is 5.23. The highest BCUT2D eigenvalue weighted by Crippen LogP contribution is 2.26. The van der Waals surface area contributed by atoms with Gasteiger partial charge in [0.15, 0.2) is 5.92 Å². The van der Waals surface area contributed by atoms with Gasteiger partial charge in [-0.3, -0.25) is 0 Å². The van der Waals surface area contributed by atoms with Crippen LogP contribution < -0.4 is 5.32 Å². The average molecular weight is 274 g/mol. The van der Waals surface area contributed by atoms with Crippen molar-refractivity contribution in [1.29, 1.82) is 5.26 Å². The van der Waals surface area contributed by atoms with Gasteiger partial charge in [0.1, 0.15) is 5.82 Å². The maximum absolute atomic E-state index is 13.3. The molecule has 0 bridgehead atoms. The van der Waals surface area contributed by atoms with Crippen molar-refractivity contribution in [3.05, 3.63) is 35.1 Å². The van der Waals surface area contributed by atoms with Gasteiger partial charge >= 0.3 is 6.18 Å². The molecule has 19 heavy (non-hydrogen) atoms. The molecule has 0 saturated heterocycles. The van der Waals surface area contributed by atoms with Crippen LogP contribution in [0.2, 0.25) is 0 Å². The van der Waals surface area contributed by atoms with Crippen molar-refractivity contribution in [3.8, 4) is 6.07 Å². The molecule has 1 aromatic carbocycles. The summed E-state index contributed by atoms with van der Waals surface area (Å²) in [6.07, 6.45) is -4.56. The molecular weight excluding hydrogens is 260 g/mol. The number of rotatable bonds is 4. The molecule has 0 aromatic heterocycles. The van der Waals surface area contributed by atoms with Crippen molar-refractivity contribution in [2.24, 2.45) is 5.92 Å². The van der Waals surface area contributed by atoms with Crippen LogP contribution in [0.3, 0.4) is 0 Å². The monoisotopic (exact) mass is 274 g/mol. The van der Waals surface area contributed by atoms with Crippen molar-refractivity contribution < 1.29 is 17.6 Å². The van der Waals surface area contributed by atoms with Crippen LogP contribution in [0.1, 0.15) is 24.1 Å². The number of hydrogen-bond acceptors (Lipinski definition) is 2. The second-order valence-corrected chi connectivity index (χ2v) is 4.36. The normalized spacial score (nSPS) is 14.8. The van der Waals surface area contributed by atoms with Gasteiger partial charge in [-0.05, 0) is 31.0 Å². The third-order valence-corrected chi connectivity index (χ3v) is 2.88. The zero-order chi connectivity index (χ0) is 14.6. The molecule has 0 radical (unpaired) electrons. The number of nitriles is 1. The Morgan fingerprint density at radius 1 is 1.37 bits per heavy atom. The number of halogens is 4. The molecule has 0 aliphatic carbocycles. The van der Waals surface area contributed by atoms with Gasteiger partial charge in [-0.1, -0.05) is 12.1 Å². The Kier molecular flexibility index (Phi) is 4.90. The topological polar surface area (TPSA) is 35.8 Å². The first-order chi connectivity index (χ1) is 8.75. The lowest BCUT2D eigenvalue weighted by molar-refractivity contribution is -0.157. The fourth-order valence-corrected chi connectivity index (χ4v) is 1.53. The van der Waals surface area contributed by atoms with Crippen molar-refractivity contribution >= 4 is 0 Å². The zero-order valence-corrected chi connectivity index (χ0v) is 10.6. The molecule has 0 fully saturated rings. The van der Waals surface area contributed by atoms with Crippen LogP contribution in [0.15, 0.2) is 18.2 Å². The summed E-state index contributed by atoms with van der Waals surface area (Å²) in [4.78, 5) is 0. The van der Waals surface area contributed by atoms with Crippen molar-refractivity contribution in [2.45, 2.75) is 26.1 Å². The quantitative estimate of drug-likeness (QED) is 0.853. The molecule has 2 unspecified atom stereocenters. The van der Waals surface area contributed by atoms with Gasteiger partial charge in [-0.15, -0.1) is 0 Å². The first-order valence-corrected chi connectivity index (χ1v) is 5.71. The van der Waals surface area contributed by atoms with E-state index >= 15 is 0 Å². The molecule has 104 valence electrons. The summed E-state index contributed by atoms with van der Waals surface area (Å²) in [5.41, 5.74) is 1.02. The number of aryl methyl sites for hydroxylation is 1. The Bertz CT molecular complexity index is 477. The number of hydrogen-bond donors (Lipinski definition) is 1. The lowest BCUT2D eigenvalue weighted by Gasteiger charge is -2.18. The molecule has 0 spiro atoms. The van der Waals surface area contributed by atoms with Gasteiger partial charge in [0.05, 0.1) is 6.07 Å². The van der Waals surface area contributed by atoms with Gasteiger partial charge in [-0.2, -0.15) is 18.4 Å². The van der Waals surface area contributed by atoms with E-state index in [1.807, 2.05) is 0 Å². The SMILES string of the molecule is Cc1ccc(C(C)NCC(C#N)C(F)(F)F)cc1F. The molecule has 1 aromatic rings. The van der Waals surface area contributed by atoms with Crippen LogP contribution in [0.5, 0.6) is 0 Å². The average Bonchev–Trinajstić information content (AvgIpc) is 2.31. The summed E-state index contributed by atoms with van der Waals surface area (Å²) >= 11 is 0. The molecule has 6 heteroatoms. The van der Waals surface area contributed by atoms with E-state index in [1.165, 1.54) is 12.1 Å². The maximum Gasteiger partial charge on any atom is 0.405 e. The number of nitrogens with one attached hydrogen (secondary N) is 1. The minimum Gasteiger partial charge on any atom is -0.309 e. The molecule has 1 rings (SSSR count). The predicted octanol–water partition coefficient (Wildman–Crippen LogP) is 3.49. The van der Waals surface area contributed by atoms with Crippen molar-refractivity contribution in [3.63, 3.8) is 0 Å². The fourth-order valence-electron chi connectivity index (χ4n) is 1.53. The highest BCUT2D eigenvalue weighted by atomic mass is 19.4. The molecule has 0 aliphatic rings. The molecule has 2 nitrogen and oxygen atoms in total. The first kappa shape index (κ1) is 15.4. The van der Waals surface area contributed by atoms with E-state index in [-0.39, 0.29) is 0 Å². The van der Waals surface area contributed by atoms with Crippen molar-refractivity contribution in [2.75, 3.05) is 6.54 Å². The largest absolute Gasteiger partial charge is 0.405 e. The van der Waals surface area contributed by atoms with E-state index in [1.54, 1.807) is 26.0 Å². The lowest BCUT2D eigenvalue weighted by atomic mass is 10.0. The van der Waals surface area contributed by atoms with Crippen LogP contribution >= 0.6 is 0 Å². The summed E-state index contributed by atoms with van der Waals surface area (Å²) in [6.45, 7) is 2.71. The molecule has 0 amide bonds. The van der Waals surface area contributed by atoms with E-state index in [4.69, 9.17) is 5.26 Å². The van der Waals surface area contributed by atoms with E-state index in [0.29, 0.717) is 11.1 Å². The van der Waals surface area contributed by atoms with E-state index in [9.17, 15) is 17.6 Å². The van der Waals surface area contributed by atoms with E-state index in [2.05, 4.69) is 5.32 Å². The molecule has 0 saturated carbocycles. The van der Waals surface area contributed by atoms with Gasteiger partial charge in [0.2, 0.25) is 0 Å². The fraction of sp³-hybridized carbons (Fsp3) is 0.462. The molecule has 0 heterocycles. The summed E-state index contributed by atoms with van der Waals surface area (Å²) < 4.78 is 50.4. The summed E-state index contributed by atoms with van der Waals surface area (Å²) in [7, 11) is 0. The molecular formula is C13H14F4N2. The number of alkyl halides is 3. The Labute approximate surface area is 109 Å². The standard InChI is InChI=1S/C13H14F4N2/c1-8-3-4-10(5-12(8)14)9(2)19-7-11(6-18)13(15,16)17/h3-5,9,11,19H,7H2,1-2H3. The highest BCUT2D eigenvalue weighted by Gasteiger charge is 2.39. The second-order valence-electron chi connectivity index (χ2n) is 4.36. The van der Waals surface area contributed by atoms with Crippen LogP contribution in [-0.2, 0) is 0 Å². The van der Waals surface area contributed by atoms with Crippen LogP contribution in [-0.4, -0.2) is 12.7 Å². The van der Waals surface area contributed by atoms with Crippen LogP contribution in [0.25, 0.3) is 0 Å². The molecule has 1 N–H and O–H groups in total. The van der Waals surface area contributed by atoms with Gasteiger partial charge in [-0.25, -0.2) is 4.39 Å². The van der Waals surface area contributed by atoms with E-state index in [0.717, 1.165) is 0 Å². The lowest BCUT2D eigenvalue weighted by Crippen LogP contribution is -2.33. The minimum absolute atomic E-state index is 0.404. The third-order valence-electron chi connectivity index (χ3n) is 2.88. The van der Waals surface area contributed by atoms with Crippen molar-refractivity contribution in [1.82, 2.24) is 5.32 Å². The van der Waals surface area contributed by atoms with Crippen LogP contribution in [0.4, 0.5) is 17.6 Å².